The molecule has 0 unspecified atom stereocenters. The zero-order valence-corrected chi connectivity index (χ0v) is 12.3. The molecule has 0 fully saturated rings. The number of fused-ring (bicyclic) bond motifs is 1. The highest BCUT2D eigenvalue weighted by molar-refractivity contribution is 6.32. The van der Waals surface area contributed by atoms with Crippen molar-refractivity contribution in [3.63, 3.8) is 0 Å². The van der Waals surface area contributed by atoms with Crippen molar-refractivity contribution in [2.75, 3.05) is 6.61 Å². The van der Waals surface area contributed by atoms with E-state index >= 15 is 0 Å². The summed E-state index contributed by atoms with van der Waals surface area (Å²) >= 11 is 5.95. The normalized spacial score (nSPS) is 10.6. The number of aromatic nitrogens is 3. The first kappa shape index (κ1) is 14.3. The minimum Gasteiger partial charge on any atom is -0.482 e. The Morgan fingerprint density at radius 3 is 2.86 bits per heavy atom. The van der Waals surface area contributed by atoms with Gasteiger partial charge in [-0.1, -0.05) is 29.8 Å². The first-order chi connectivity index (χ1) is 10.7. The van der Waals surface area contributed by atoms with E-state index in [9.17, 15) is 4.79 Å². The van der Waals surface area contributed by atoms with E-state index < -0.39 is 0 Å². The van der Waals surface area contributed by atoms with Gasteiger partial charge in [0.25, 0.3) is 5.91 Å². The van der Waals surface area contributed by atoms with E-state index in [0.29, 0.717) is 16.6 Å². The van der Waals surface area contributed by atoms with E-state index in [-0.39, 0.29) is 19.1 Å². The highest BCUT2D eigenvalue weighted by Gasteiger charge is 2.08. The predicted molar refractivity (Wildman–Crippen MR) is 81.8 cm³/mol. The van der Waals surface area contributed by atoms with Gasteiger partial charge in [0, 0.05) is 6.20 Å². The summed E-state index contributed by atoms with van der Waals surface area (Å²) in [6, 6.07) is 12.6. The van der Waals surface area contributed by atoms with Gasteiger partial charge in [-0.25, -0.2) is 0 Å². The molecule has 1 aromatic carbocycles. The van der Waals surface area contributed by atoms with Gasteiger partial charge in [-0.3, -0.25) is 9.20 Å². The molecule has 22 heavy (non-hydrogen) atoms. The summed E-state index contributed by atoms with van der Waals surface area (Å²) in [5, 5.41) is 11.3. The number of hydrogen-bond donors (Lipinski definition) is 1. The fourth-order valence-electron chi connectivity index (χ4n) is 1.95. The molecule has 0 saturated heterocycles. The average molecular weight is 317 g/mol. The Labute approximate surface area is 131 Å². The Morgan fingerprint density at radius 2 is 2.00 bits per heavy atom. The minimum absolute atomic E-state index is 0.111. The van der Waals surface area contributed by atoms with Crippen LogP contribution in [0.3, 0.4) is 0 Å². The summed E-state index contributed by atoms with van der Waals surface area (Å²) in [6.07, 6.45) is 1.84. The third kappa shape index (κ3) is 3.17. The molecule has 0 spiro atoms. The molecule has 0 radical (unpaired) electrons. The van der Waals surface area contributed by atoms with Crippen LogP contribution in [-0.2, 0) is 11.3 Å². The number of pyridine rings is 1. The second-order valence-electron chi connectivity index (χ2n) is 4.54. The third-order valence-electron chi connectivity index (χ3n) is 3.02. The maximum absolute atomic E-state index is 11.8. The van der Waals surface area contributed by atoms with Crippen molar-refractivity contribution in [3.8, 4) is 5.75 Å². The van der Waals surface area contributed by atoms with E-state index in [4.69, 9.17) is 16.3 Å². The van der Waals surface area contributed by atoms with Crippen molar-refractivity contribution in [1.29, 1.82) is 0 Å². The zero-order valence-electron chi connectivity index (χ0n) is 11.6. The number of nitrogens with one attached hydrogen (secondary N) is 1. The molecule has 1 amide bonds. The van der Waals surface area contributed by atoms with Gasteiger partial charge in [0.1, 0.15) is 5.75 Å². The maximum Gasteiger partial charge on any atom is 0.258 e. The third-order valence-corrected chi connectivity index (χ3v) is 3.34. The maximum atomic E-state index is 11.8. The van der Waals surface area contributed by atoms with Crippen LogP contribution in [0.1, 0.15) is 5.82 Å². The van der Waals surface area contributed by atoms with Crippen LogP contribution in [0.15, 0.2) is 48.7 Å². The number of carbonyl (C=O) groups is 1. The summed E-state index contributed by atoms with van der Waals surface area (Å²) < 4.78 is 7.18. The largest absolute Gasteiger partial charge is 0.482 e. The SMILES string of the molecule is O=C(COc1ccccc1Cl)NCc1nnc2ccccn12. The molecule has 1 N–H and O–H groups in total. The van der Waals surface area contributed by atoms with Gasteiger partial charge in [0.05, 0.1) is 11.6 Å². The highest BCUT2D eigenvalue weighted by Crippen LogP contribution is 2.22. The Hall–Kier alpha value is -2.60. The van der Waals surface area contributed by atoms with Crippen molar-refractivity contribution < 1.29 is 9.53 Å². The average Bonchev–Trinajstić information content (AvgIpc) is 2.95. The van der Waals surface area contributed by atoms with Gasteiger partial charge in [0.15, 0.2) is 18.1 Å². The monoisotopic (exact) mass is 316 g/mol. The fraction of sp³-hybridized carbons (Fsp3) is 0.133. The number of benzene rings is 1. The van der Waals surface area contributed by atoms with Crippen LogP contribution < -0.4 is 10.1 Å². The van der Waals surface area contributed by atoms with Gasteiger partial charge in [0.2, 0.25) is 0 Å². The van der Waals surface area contributed by atoms with Crippen LogP contribution in [0.5, 0.6) is 5.75 Å². The Balaban J connectivity index is 1.55. The first-order valence-corrected chi connectivity index (χ1v) is 7.04. The second kappa shape index (κ2) is 6.44. The van der Waals surface area contributed by atoms with Crippen LogP contribution in [0.4, 0.5) is 0 Å². The van der Waals surface area contributed by atoms with Crippen molar-refractivity contribution in [3.05, 3.63) is 59.5 Å². The molecule has 2 aromatic heterocycles. The molecule has 6 nitrogen and oxygen atoms in total. The molecule has 0 aliphatic carbocycles. The lowest BCUT2D eigenvalue weighted by Gasteiger charge is -2.08. The summed E-state index contributed by atoms with van der Waals surface area (Å²) in [7, 11) is 0. The predicted octanol–water partition coefficient (Wildman–Crippen LogP) is 2.08. The molecule has 3 aromatic rings. The van der Waals surface area contributed by atoms with Crippen molar-refractivity contribution in [2.24, 2.45) is 0 Å². The van der Waals surface area contributed by atoms with Gasteiger partial charge < -0.3 is 10.1 Å². The van der Waals surface area contributed by atoms with E-state index in [0.717, 1.165) is 5.65 Å². The number of amides is 1. The lowest BCUT2D eigenvalue weighted by atomic mass is 10.3. The molecule has 0 aliphatic rings. The molecule has 2 heterocycles. The van der Waals surface area contributed by atoms with E-state index in [1.54, 1.807) is 24.3 Å². The molecular formula is C15H13ClN4O2. The standard InChI is InChI=1S/C15H13ClN4O2/c16-11-5-1-2-6-12(11)22-10-15(21)17-9-14-19-18-13-7-3-4-8-20(13)14/h1-8H,9-10H2,(H,17,21). The first-order valence-electron chi connectivity index (χ1n) is 6.67. The second-order valence-corrected chi connectivity index (χ2v) is 4.95. The number of carbonyl (C=O) groups excluding carboxylic acids is 1. The topological polar surface area (TPSA) is 68.5 Å². The molecule has 7 heteroatoms. The molecule has 112 valence electrons. The minimum atomic E-state index is -0.257. The van der Waals surface area contributed by atoms with Gasteiger partial charge >= 0.3 is 0 Å². The summed E-state index contributed by atoms with van der Waals surface area (Å²) in [4.78, 5) is 11.8. The van der Waals surface area contributed by atoms with Crippen LogP contribution in [0.2, 0.25) is 5.02 Å². The van der Waals surface area contributed by atoms with Crippen molar-refractivity contribution >= 4 is 23.2 Å². The number of para-hydroxylation sites is 1. The lowest BCUT2D eigenvalue weighted by molar-refractivity contribution is -0.123. The smallest absolute Gasteiger partial charge is 0.258 e. The van der Waals surface area contributed by atoms with Gasteiger partial charge in [-0.05, 0) is 24.3 Å². The van der Waals surface area contributed by atoms with Crippen molar-refractivity contribution in [2.45, 2.75) is 6.54 Å². The Kier molecular flexibility index (Phi) is 4.20. The van der Waals surface area contributed by atoms with E-state index in [2.05, 4.69) is 15.5 Å². The quantitative estimate of drug-likeness (QED) is 0.782. The lowest BCUT2D eigenvalue weighted by Crippen LogP contribution is -2.29. The Morgan fingerprint density at radius 1 is 1.18 bits per heavy atom. The molecule has 0 saturated carbocycles. The number of halogens is 1. The number of rotatable bonds is 5. The number of hydrogen-bond acceptors (Lipinski definition) is 4. The summed E-state index contributed by atoms with van der Waals surface area (Å²) in [5.41, 5.74) is 0.735. The van der Waals surface area contributed by atoms with Gasteiger partial charge in [-0.2, -0.15) is 0 Å². The van der Waals surface area contributed by atoms with Crippen LogP contribution in [-0.4, -0.2) is 27.1 Å². The number of ether oxygens (including phenoxy) is 1. The molecular weight excluding hydrogens is 304 g/mol. The molecule has 0 atom stereocenters. The zero-order chi connectivity index (χ0) is 15.4. The van der Waals surface area contributed by atoms with Crippen molar-refractivity contribution in [1.82, 2.24) is 19.9 Å². The number of nitrogens with zero attached hydrogens (tertiary/aromatic N) is 3. The van der Waals surface area contributed by atoms with E-state index in [1.165, 1.54) is 0 Å². The van der Waals surface area contributed by atoms with Crippen LogP contribution in [0, 0.1) is 0 Å². The van der Waals surface area contributed by atoms with Gasteiger partial charge in [-0.15, -0.1) is 10.2 Å². The van der Waals surface area contributed by atoms with E-state index in [1.807, 2.05) is 28.8 Å². The molecule has 3 rings (SSSR count). The Bertz CT molecular complexity index is 803. The van der Waals surface area contributed by atoms with Crippen LogP contribution >= 0.6 is 11.6 Å². The molecule has 0 bridgehead atoms. The highest BCUT2D eigenvalue weighted by atomic mass is 35.5. The molecule has 0 aliphatic heterocycles. The van der Waals surface area contributed by atoms with Crippen LogP contribution in [0.25, 0.3) is 5.65 Å². The summed E-state index contributed by atoms with van der Waals surface area (Å²) in [5.74, 6) is 0.876. The fourth-order valence-corrected chi connectivity index (χ4v) is 2.14. The summed E-state index contributed by atoms with van der Waals surface area (Å²) in [6.45, 7) is 0.163.